The van der Waals surface area contributed by atoms with Gasteiger partial charge >= 0.3 is 6.18 Å². The summed E-state index contributed by atoms with van der Waals surface area (Å²) in [5.74, 6) is -1.21. The molecule has 36 heavy (non-hydrogen) atoms. The Balaban J connectivity index is 1.84. The largest absolute Gasteiger partial charge is 0.508 e. The maximum atomic E-state index is 13.3. The fourth-order valence-electron chi connectivity index (χ4n) is 3.61. The fourth-order valence-corrected chi connectivity index (χ4v) is 3.73. The molecule has 7 nitrogen and oxygen atoms in total. The van der Waals surface area contributed by atoms with E-state index in [1.165, 1.54) is 22.9 Å². The molecule has 0 aliphatic rings. The lowest BCUT2D eigenvalue weighted by molar-refractivity contribution is -0.152. The van der Waals surface area contributed by atoms with Gasteiger partial charge in [0.15, 0.2) is 6.04 Å². The molecule has 3 aromatic rings. The normalized spacial score (nSPS) is 12.2. The van der Waals surface area contributed by atoms with Gasteiger partial charge in [0.05, 0.1) is 12.1 Å². The summed E-state index contributed by atoms with van der Waals surface area (Å²) in [4.78, 5) is 27.4. The van der Waals surface area contributed by atoms with Crippen molar-refractivity contribution in [3.63, 3.8) is 0 Å². The van der Waals surface area contributed by atoms with Crippen LogP contribution in [0.3, 0.4) is 0 Å². The standard InChI is InChI=1S/C25H26ClF3N4O3/c1-32-14-12-21(31-32)23(24(36)30-16-18-2-7-19(26)8-3-18)33(15-13-25(27,28)29)22(35)11-6-17-4-9-20(34)10-5-17/h2-5,7-10,12,14,23,34H,6,11,13,15-16H2,1H3,(H,30,36). The van der Waals surface area contributed by atoms with Crippen molar-refractivity contribution in [1.29, 1.82) is 0 Å². The summed E-state index contributed by atoms with van der Waals surface area (Å²) in [6.45, 7) is -0.609. The molecule has 0 fully saturated rings. The quantitative estimate of drug-likeness (QED) is 0.409. The molecule has 0 aliphatic carbocycles. The van der Waals surface area contributed by atoms with Gasteiger partial charge in [-0.2, -0.15) is 18.3 Å². The maximum absolute atomic E-state index is 13.3. The predicted octanol–water partition coefficient (Wildman–Crippen LogP) is 4.55. The molecule has 0 spiro atoms. The van der Waals surface area contributed by atoms with E-state index in [4.69, 9.17) is 11.6 Å². The summed E-state index contributed by atoms with van der Waals surface area (Å²) in [6.07, 6.45) is -4.15. The van der Waals surface area contributed by atoms with Crippen LogP contribution >= 0.6 is 11.6 Å². The Morgan fingerprint density at radius 2 is 1.72 bits per heavy atom. The van der Waals surface area contributed by atoms with Crippen molar-refractivity contribution in [1.82, 2.24) is 20.0 Å². The minimum Gasteiger partial charge on any atom is -0.508 e. The van der Waals surface area contributed by atoms with E-state index in [0.717, 1.165) is 16.0 Å². The van der Waals surface area contributed by atoms with Gasteiger partial charge in [0.2, 0.25) is 11.8 Å². The molecule has 2 aromatic carbocycles. The van der Waals surface area contributed by atoms with Crippen LogP contribution in [0.1, 0.15) is 35.7 Å². The van der Waals surface area contributed by atoms with E-state index in [9.17, 15) is 27.9 Å². The van der Waals surface area contributed by atoms with Crippen molar-refractivity contribution in [2.75, 3.05) is 6.54 Å². The number of benzene rings is 2. The second-order valence-corrected chi connectivity index (χ2v) is 8.72. The van der Waals surface area contributed by atoms with Crippen molar-refractivity contribution >= 4 is 23.4 Å². The number of amides is 2. The van der Waals surface area contributed by atoms with Gasteiger partial charge < -0.3 is 15.3 Å². The summed E-state index contributed by atoms with van der Waals surface area (Å²) in [6, 6.07) is 13.0. The minimum atomic E-state index is -4.52. The number of phenols is 1. The van der Waals surface area contributed by atoms with E-state index in [1.807, 2.05) is 0 Å². The van der Waals surface area contributed by atoms with Crippen LogP contribution in [0.2, 0.25) is 5.02 Å². The third-order valence-corrected chi connectivity index (χ3v) is 5.73. The van der Waals surface area contributed by atoms with Gasteiger partial charge in [-0.15, -0.1) is 0 Å². The van der Waals surface area contributed by atoms with Gasteiger partial charge in [-0.05, 0) is 47.9 Å². The molecule has 1 atom stereocenters. The Morgan fingerprint density at radius 1 is 1.08 bits per heavy atom. The number of carbonyl (C=O) groups excluding carboxylic acids is 2. The number of nitrogens with one attached hydrogen (secondary N) is 1. The summed E-state index contributed by atoms with van der Waals surface area (Å²) in [5.41, 5.74) is 1.61. The zero-order valence-electron chi connectivity index (χ0n) is 19.5. The summed E-state index contributed by atoms with van der Waals surface area (Å²) in [5, 5.41) is 16.9. The molecule has 1 aromatic heterocycles. The highest BCUT2D eigenvalue weighted by Crippen LogP contribution is 2.26. The van der Waals surface area contributed by atoms with Gasteiger partial charge in [-0.1, -0.05) is 35.9 Å². The van der Waals surface area contributed by atoms with Gasteiger partial charge in [-0.3, -0.25) is 14.3 Å². The maximum Gasteiger partial charge on any atom is 0.390 e. The molecule has 192 valence electrons. The first kappa shape index (κ1) is 27.1. The van der Waals surface area contributed by atoms with Crippen LogP contribution in [-0.2, 0) is 29.6 Å². The second-order valence-electron chi connectivity index (χ2n) is 8.28. The highest BCUT2D eigenvalue weighted by molar-refractivity contribution is 6.30. The number of hydrogen-bond donors (Lipinski definition) is 2. The topological polar surface area (TPSA) is 87.5 Å². The molecule has 2 N–H and O–H groups in total. The Morgan fingerprint density at radius 3 is 2.31 bits per heavy atom. The first-order chi connectivity index (χ1) is 17.0. The predicted molar refractivity (Wildman–Crippen MR) is 128 cm³/mol. The van der Waals surface area contributed by atoms with E-state index >= 15 is 0 Å². The van der Waals surface area contributed by atoms with Gasteiger partial charge in [0.1, 0.15) is 5.75 Å². The number of aryl methyl sites for hydroxylation is 2. The van der Waals surface area contributed by atoms with Crippen molar-refractivity contribution in [2.45, 2.75) is 38.0 Å². The van der Waals surface area contributed by atoms with Gasteiger partial charge in [0.25, 0.3) is 0 Å². The van der Waals surface area contributed by atoms with E-state index in [-0.39, 0.29) is 30.8 Å². The summed E-state index contributed by atoms with van der Waals surface area (Å²) < 4.78 is 40.9. The molecule has 0 aliphatic heterocycles. The molecular weight excluding hydrogens is 497 g/mol. The molecule has 11 heteroatoms. The molecule has 1 heterocycles. The molecular formula is C25H26ClF3N4O3. The minimum absolute atomic E-state index is 0.0597. The molecule has 0 saturated carbocycles. The monoisotopic (exact) mass is 522 g/mol. The first-order valence-corrected chi connectivity index (χ1v) is 11.6. The van der Waals surface area contributed by atoms with Crippen LogP contribution in [0.5, 0.6) is 5.75 Å². The van der Waals surface area contributed by atoms with Crippen LogP contribution in [0.4, 0.5) is 13.2 Å². The third kappa shape index (κ3) is 8.01. The van der Waals surface area contributed by atoms with Crippen molar-refractivity contribution in [3.05, 3.63) is 82.6 Å². The number of phenolic OH excluding ortho intramolecular Hbond substituents is 1. The summed E-state index contributed by atoms with van der Waals surface area (Å²) >= 11 is 5.89. The van der Waals surface area contributed by atoms with E-state index in [0.29, 0.717) is 5.02 Å². The van der Waals surface area contributed by atoms with Crippen LogP contribution < -0.4 is 5.32 Å². The Hall–Kier alpha value is -3.53. The molecule has 1 unspecified atom stereocenters. The van der Waals surface area contributed by atoms with Crippen LogP contribution in [0.25, 0.3) is 0 Å². The second kappa shape index (κ2) is 11.9. The number of carbonyl (C=O) groups is 2. The van der Waals surface area contributed by atoms with E-state index in [2.05, 4.69) is 10.4 Å². The smallest absolute Gasteiger partial charge is 0.390 e. The molecule has 3 rings (SSSR count). The van der Waals surface area contributed by atoms with E-state index in [1.54, 1.807) is 49.6 Å². The number of halogens is 4. The van der Waals surface area contributed by atoms with Crippen molar-refractivity contribution in [3.8, 4) is 5.75 Å². The third-order valence-electron chi connectivity index (χ3n) is 5.47. The number of aromatic nitrogens is 2. The van der Waals surface area contributed by atoms with E-state index < -0.39 is 37.0 Å². The average molecular weight is 523 g/mol. The van der Waals surface area contributed by atoms with Gasteiger partial charge in [-0.25, -0.2) is 0 Å². The number of hydrogen-bond acceptors (Lipinski definition) is 4. The number of rotatable bonds is 10. The van der Waals surface area contributed by atoms with Gasteiger partial charge in [0, 0.05) is 37.8 Å². The Bertz CT molecular complexity index is 1160. The molecule has 2 amide bonds. The van der Waals surface area contributed by atoms with Crippen LogP contribution in [0, 0.1) is 0 Å². The summed E-state index contributed by atoms with van der Waals surface area (Å²) in [7, 11) is 1.61. The fraction of sp³-hybridized carbons (Fsp3) is 0.320. The lowest BCUT2D eigenvalue weighted by atomic mass is 10.1. The average Bonchev–Trinajstić information content (AvgIpc) is 3.25. The highest BCUT2D eigenvalue weighted by Gasteiger charge is 2.36. The zero-order chi connectivity index (χ0) is 26.3. The van der Waals surface area contributed by atoms with Crippen LogP contribution in [-0.4, -0.2) is 44.3 Å². The first-order valence-electron chi connectivity index (χ1n) is 11.2. The SMILES string of the molecule is Cn1ccc(C(C(=O)NCc2ccc(Cl)cc2)N(CCC(F)(F)F)C(=O)CCc2ccc(O)cc2)n1. The van der Waals surface area contributed by atoms with Crippen LogP contribution in [0.15, 0.2) is 60.8 Å². The number of aromatic hydroxyl groups is 1. The molecule has 0 bridgehead atoms. The van der Waals surface area contributed by atoms with Crippen molar-refractivity contribution in [2.24, 2.45) is 7.05 Å². The highest BCUT2D eigenvalue weighted by atomic mass is 35.5. The molecule has 0 saturated heterocycles. The zero-order valence-corrected chi connectivity index (χ0v) is 20.3. The molecule has 0 radical (unpaired) electrons. The Labute approximate surface area is 211 Å². The number of nitrogens with zero attached hydrogens (tertiary/aromatic N) is 3. The number of alkyl halides is 3. The Kier molecular flexibility index (Phi) is 8.98. The van der Waals surface area contributed by atoms with Crippen molar-refractivity contribution < 1.29 is 27.9 Å². The lowest BCUT2D eigenvalue weighted by Gasteiger charge is -2.30. The lowest BCUT2D eigenvalue weighted by Crippen LogP contribution is -2.45.